The summed E-state index contributed by atoms with van der Waals surface area (Å²) in [6, 6.07) is -0.0387. The third-order valence-electron chi connectivity index (χ3n) is 3.24. The molecule has 21 heavy (non-hydrogen) atoms. The molecule has 0 aromatic heterocycles. The first-order chi connectivity index (χ1) is 9.45. The fourth-order valence-electron chi connectivity index (χ4n) is 1.65. The number of nitrogens with zero attached hydrogens (tertiary/aromatic N) is 2. The van der Waals surface area contributed by atoms with E-state index in [0.29, 0.717) is 31.0 Å². The number of carbonyl (C=O) groups is 2. The standard InChI is InChI=1S/C13H25N5O2.HI/c1-5-14-12(17-10(4)9(2)3)15-6-7-18-11(19)8-16-13(18)20;/h9-10H,5-8H2,1-4H3,(H,16,20)(H2,14,15,17);1H. The summed E-state index contributed by atoms with van der Waals surface area (Å²) in [5, 5.41) is 8.94. The van der Waals surface area contributed by atoms with Gasteiger partial charge in [-0.15, -0.1) is 24.0 Å². The van der Waals surface area contributed by atoms with Crippen LogP contribution in [0, 0.1) is 5.92 Å². The van der Waals surface area contributed by atoms with Crippen LogP contribution in [0.2, 0.25) is 0 Å². The molecule has 1 aliphatic rings. The quantitative estimate of drug-likeness (QED) is 0.261. The molecule has 1 aliphatic heterocycles. The maximum Gasteiger partial charge on any atom is 0.324 e. The van der Waals surface area contributed by atoms with E-state index in [4.69, 9.17) is 0 Å². The van der Waals surface area contributed by atoms with Crippen LogP contribution >= 0.6 is 24.0 Å². The van der Waals surface area contributed by atoms with Crippen molar-refractivity contribution in [3.63, 3.8) is 0 Å². The van der Waals surface area contributed by atoms with Gasteiger partial charge < -0.3 is 16.0 Å². The molecule has 7 nitrogen and oxygen atoms in total. The SMILES string of the molecule is CCNC(=NCCN1C(=O)CNC1=O)NC(C)C(C)C.I. The van der Waals surface area contributed by atoms with Crippen molar-refractivity contribution in [2.75, 3.05) is 26.2 Å². The number of halogens is 1. The minimum Gasteiger partial charge on any atom is -0.357 e. The van der Waals surface area contributed by atoms with E-state index in [0.717, 1.165) is 6.54 Å². The Kier molecular flexibility index (Phi) is 9.31. The molecular weight excluding hydrogens is 385 g/mol. The first kappa shape index (κ1) is 19.9. The summed E-state index contributed by atoms with van der Waals surface area (Å²) >= 11 is 0. The van der Waals surface area contributed by atoms with Crippen molar-refractivity contribution in [3.05, 3.63) is 0 Å². The molecule has 0 aliphatic carbocycles. The van der Waals surface area contributed by atoms with Gasteiger partial charge in [0.1, 0.15) is 0 Å². The molecule has 0 radical (unpaired) electrons. The summed E-state index contributed by atoms with van der Waals surface area (Å²) in [6.45, 7) is 9.90. The van der Waals surface area contributed by atoms with Crippen molar-refractivity contribution >= 4 is 41.9 Å². The second-order valence-corrected chi connectivity index (χ2v) is 5.14. The number of hydrogen-bond donors (Lipinski definition) is 3. The second-order valence-electron chi connectivity index (χ2n) is 5.14. The molecule has 0 saturated carbocycles. The molecule has 1 rings (SSSR count). The topological polar surface area (TPSA) is 85.8 Å². The number of amides is 3. The Morgan fingerprint density at radius 3 is 2.52 bits per heavy atom. The van der Waals surface area contributed by atoms with Gasteiger partial charge in [0.05, 0.1) is 19.6 Å². The van der Waals surface area contributed by atoms with Crippen LogP contribution in [0.4, 0.5) is 4.79 Å². The normalized spacial score (nSPS) is 16.6. The zero-order chi connectivity index (χ0) is 15.1. The van der Waals surface area contributed by atoms with E-state index < -0.39 is 0 Å². The zero-order valence-electron chi connectivity index (χ0n) is 13.1. The van der Waals surface area contributed by atoms with Gasteiger partial charge in [0.25, 0.3) is 0 Å². The number of imide groups is 1. The third-order valence-corrected chi connectivity index (χ3v) is 3.24. The molecule has 1 atom stereocenters. The van der Waals surface area contributed by atoms with Gasteiger partial charge >= 0.3 is 6.03 Å². The number of nitrogens with one attached hydrogen (secondary N) is 3. The van der Waals surface area contributed by atoms with Crippen molar-refractivity contribution in [1.82, 2.24) is 20.9 Å². The number of carbonyl (C=O) groups excluding carboxylic acids is 2. The van der Waals surface area contributed by atoms with E-state index in [2.05, 4.69) is 41.7 Å². The molecule has 1 heterocycles. The Labute approximate surface area is 143 Å². The maximum atomic E-state index is 11.4. The molecule has 0 spiro atoms. The van der Waals surface area contributed by atoms with Crippen LogP contribution in [0.1, 0.15) is 27.7 Å². The Hall–Kier alpha value is -1.06. The van der Waals surface area contributed by atoms with Gasteiger partial charge in [0.2, 0.25) is 5.91 Å². The van der Waals surface area contributed by atoms with Crippen LogP contribution in [0.5, 0.6) is 0 Å². The van der Waals surface area contributed by atoms with E-state index in [9.17, 15) is 9.59 Å². The van der Waals surface area contributed by atoms with Crippen molar-refractivity contribution in [2.45, 2.75) is 33.7 Å². The summed E-state index contributed by atoms with van der Waals surface area (Å²) in [5.41, 5.74) is 0. The molecule has 122 valence electrons. The van der Waals surface area contributed by atoms with Crippen LogP contribution in [-0.2, 0) is 4.79 Å². The average molecular weight is 411 g/mol. The van der Waals surface area contributed by atoms with E-state index >= 15 is 0 Å². The molecule has 8 heteroatoms. The summed E-state index contributed by atoms with van der Waals surface area (Å²) in [6.07, 6.45) is 0. The zero-order valence-corrected chi connectivity index (χ0v) is 15.4. The van der Waals surface area contributed by atoms with Gasteiger partial charge in [-0.05, 0) is 19.8 Å². The fraction of sp³-hybridized carbons (Fsp3) is 0.769. The molecule has 1 fully saturated rings. The third kappa shape index (κ3) is 6.49. The molecule has 3 amide bonds. The van der Waals surface area contributed by atoms with E-state index in [1.54, 1.807) is 0 Å². The van der Waals surface area contributed by atoms with Crippen molar-refractivity contribution < 1.29 is 9.59 Å². The average Bonchev–Trinajstić information content (AvgIpc) is 2.70. The highest BCUT2D eigenvalue weighted by Crippen LogP contribution is 2.00. The van der Waals surface area contributed by atoms with Crippen LogP contribution in [0.3, 0.4) is 0 Å². The highest BCUT2D eigenvalue weighted by molar-refractivity contribution is 14.0. The number of aliphatic imine (C=N–C) groups is 1. The van der Waals surface area contributed by atoms with Crippen LogP contribution in [0.25, 0.3) is 0 Å². The van der Waals surface area contributed by atoms with Gasteiger partial charge in [0, 0.05) is 12.6 Å². The molecule has 0 bridgehead atoms. The largest absolute Gasteiger partial charge is 0.357 e. The Balaban J connectivity index is 0.00000400. The van der Waals surface area contributed by atoms with Crippen LogP contribution in [-0.4, -0.2) is 55.0 Å². The molecule has 0 aromatic rings. The highest BCUT2D eigenvalue weighted by atomic mass is 127. The molecule has 1 unspecified atom stereocenters. The van der Waals surface area contributed by atoms with Crippen molar-refractivity contribution in [2.24, 2.45) is 10.9 Å². The predicted molar refractivity (Wildman–Crippen MR) is 93.9 cm³/mol. The van der Waals surface area contributed by atoms with Crippen LogP contribution in [0.15, 0.2) is 4.99 Å². The van der Waals surface area contributed by atoms with E-state index in [1.807, 2.05) is 6.92 Å². The Bertz CT molecular complexity index is 371. The fourth-order valence-corrected chi connectivity index (χ4v) is 1.65. The Morgan fingerprint density at radius 1 is 1.38 bits per heavy atom. The lowest BCUT2D eigenvalue weighted by atomic mass is 10.1. The first-order valence-corrected chi connectivity index (χ1v) is 7.08. The summed E-state index contributed by atoms with van der Waals surface area (Å²) in [5.74, 6) is 1.00. The van der Waals surface area contributed by atoms with Crippen LogP contribution < -0.4 is 16.0 Å². The van der Waals surface area contributed by atoms with Crippen molar-refractivity contribution in [1.29, 1.82) is 0 Å². The lowest BCUT2D eigenvalue weighted by Crippen LogP contribution is -2.44. The summed E-state index contributed by atoms with van der Waals surface area (Å²) in [4.78, 5) is 28.4. The molecule has 1 saturated heterocycles. The second kappa shape index (κ2) is 9.80. The number of guanidine groups is 1. The molecule has 3 N–H and O–H groups in total. The number of urea groups is 1. The van der Waals surface area contributed by atoms with Gasteiger partial charge in [-0.2, -0.15) is 0 Å². The highest BCUT2D eigenvalue weighted by Gasteiger charge is 2.27. The minimum atomic E-state index is -0.335. The van der Waals surface area contributed by atoms with E-state index in [1.165, 1.54) is 4.90 Å². The summed E-state index contributed by atoms with van der Waals surface area (Å²) in [7, 11) is 0. The lowest BCUT2D eigenvalue weighted by molar-refractivity contribution is -0.124. The lowest BCUT2D eigenvalue weighted by Gasteiger charge is -2.21. The first-order valence-electron chi connectivity index (χ1n) is 7.08. The minimum absolute atomic E-state index is 0. The van der Waals surface area contributed by atoms with Gasteiger partial charge in [-0.25, -0.2) is 4.79 Å². The molecule has 0 aromatic carbocycles. The smallest absolute Gasteiger partial charge is 0.324 e. The Morgan fingerprint density at radius 2 is 2.05 bits per heavy atom. The van der Waals surface area contributed by atoms with E-state index in [-0.39, 0.29) is 42.5 Å². The number of rotatable bonds is 6. The predicted octanol–water partition coefficient (Wildman–Crippen LogP) is 0.756. The van der Waals surface area contributed by atoms with Crippen molar-refractivity contribution in [3.8, 4) is 0 Å². The number of hydrogen-bond acceptors (Lipinski definition) is 3. The van der Waals surface area contributed by atoms with Gasteiger partial charge in [0.15, 0.2) is 5.96 Å². The van der Waals surface area contributed by atoms with Gasteiger partial charge in [-0.1, -0.05) is 13.8 Å². The summed E-state index contributed by atoms with van der Waals surface area (Å²) < 4.78 is 0. The monoisotopic (exact) mass is 411 g/mol. The van der Waals surface area contributed by atoms with Gasteiger partial charge in [-0.3, -0.25) is 14.7 Å². The molecular formula is C13H26IN5O2. The maximum absolute atomic E-state index is 11.4.